The Morgan fingerprint density at radius 3 is 2.36 bits per heavy atom. The zero-order chi connectivity index (χ0) is 20.1. The van der Waals surface area contributed by atoms with Crippen molar-refractivity contribution in [3.05, 3.63) is 83.4 Å². The first-order valence-corrected chi connectivity index (χ1v) is 8.92. The van der Waals surface area contributed by atoms with Gasteiger partial charge in [0.1, 0.15) is 5.82 Å². The molecule has 144 valence electrons. The summed E-state index contributed by atoms with van der Waals surface area (Å²) in [5.41, 5.74) is 7.38. The van der Waals surface area contributed by atoms with Crippen LogP contribution < -0.4 is 10.9 Å². The van der Waals surface area contributed by atoms with Crippen LogP contribution in [0, 0.1) is 5.82 Å². The van der Waals surface area contributed by atoms with Gasteiger partial charge in [-0.25, -0.2) is 9.07 Å². The summed E-state index contributed by atoms with van der Waals surface area (Å²) in [6.45, 7) is 3.86. The lowest BCUT2D eigenvalue weighted by Gasteiger charge is -2.13. The summed E-state index contributed by atoms with van der Waals surface area (Å²) < 4.78 is 14.8. The SMILES string of the molecule is CC(C)c1c(C(=O)NNC(=O)Cc2ccccc2)cnn1-c1ccc(F)cc1. The highest BCUT2D eigenvalue weighted by Crippen LogP contribution is 2.23. The molecule has 0 atom stereocenters. The van der Waals surface area contributed by atoms with Crippen molar-refractivity contribution in [3.63, 3.8) is 0 Å². The molecule has 0 saturated heterocycles. The molecule has 0 bridgehead atoms. The van der Waals surface area contributed by atoms with Gasteiger partial charge in [-0.15, -0.1) is 0 Å². The molecule has 6 nitrogen and oxygen atoms in total. The van der Waals surface area contributed by atoms with E-state index in [0.29, 0.717) is 16.9 Å². The van der Waals surface area contributed by atoms with Crippen molar-refractivity contribution in [1.82, 2.24) is 20.6 Å². The van der Waals surface area contributed by atoms with Gasteiger partial charge in [0.15, 0.2) is 0 Å². The van der Waals surface area contributed by atoms with E-state index in [4.69, 9.17) is 0 Å². The Morgan fingerprint density at radius 2 is 1.71 bits per heavy atom. The highest BCUT2D eigenvalue weighted by atomic mass is 19.1. The lowest BCUT2D eigenvalue weighted by atomic mass is 10.1. The number of hydrogen-bond acceptors (Lipinski definition) is 3. The molecule has 3 aromatic rings. The minimum atomic E-state index is -0.460. The first-order valence-electron chi connectivity index (χ1n) is 8.92. The summed E-state index contributed by atoms with van der Waals surface area (Å²) in [6, 6.07) is 15.1. The number of hydrogen-bond donors (Lipinski definition) is 2. The number of nitrogens with zero attached hydrogens (tertiary/aromatic N) is 2. The summed E-state index contributed by atoms with van der Waals surface area (Å²) >= 11 is 0. The van der Waals surface area contributed by atoms with Crippen LogP contribution in [0.25, 0.3) is 5.69 Å². The van der Waals surface area contributed by atoms with Crippen molar-refractivity contribution in [1.29, 1.82) is 0 Å². The molecule has 3 rings (SSSR count). The van der Waals surface area contributed by atoms with Gasteiger partial charge in [-0.05, 0) is 35.7 Å². The second kappa shape index (κ2) is 8.47. The van der Waals surface area contributed by atoms with Crippen LogP contribution in [0.5, 0.6) is 0 Å². The molecule has 2 N–H and O–H groups in total. The van der Waals surface area contributed by atoms with E-state index < -0.39 is 5.91 Å². The van der Waals surface area contributed by atoms with Crippen molar-refractivity contribution in [2.24, 2.45) is 0 Å². The Labute approximate surface area is 162 Å². The monoisotopic (exact) mass is 380 g/mol. The first-order chi connectivity index (χ1) is 13.5. The molecule has 0 spiro atoms. The van der Waals surface area contributed by atoms with Gasteiger partial charge >= 0.3 is 0 Å². The van der Waals surface area contributed by atoms with E-state index in [2.05, 4.69) is 16.0 Å². The maximum absolute atomic E-state index is 13.2. The number of nitrogens with one attached hydrogen (secondary N) is 2. The standard InChI is InChI=1S/C21H21FN4O2/c1-14(2)20-18(13-23-26(20)17-10-8-16(22)9-11-17)21(28)25-24-19(27)12-15-6-4-3-5-7-15/h3-11,13-14H,12H2,1-2H3,(H,24,27)(H,25,28). The number of halogens is 1. The van der Waals surface area contributed by atoms with Crippen LogP contribution in [0.4, 0.5) is 4.39 Å². The van der Waals surface area contributed by atoms with E-state index in [1.165, 1.54) is 18.3 Å². The highest BCUT2D eigenvalue weighted by Gasteiger charge is 2.21. The van der Waals surface area contributed by atoms with E-state index in [-0.39, 0.29) is 24.1 Å². The second-order valence-corrected chi connectivity index (χ2v) is 6.65. The van der Waals surface area contributed by atoms with Crippen molar-refractivity contribution >= 4 is 11.8 Å². The van der Waals surface area contributed by atoms with Gasteiger partial charge in [-0.3, -0.25) is 20.4 Å². The van der Waals surface area contributed by atoms with Crippen LogP contribution in [0.3, 0.4) is 0 Å². The Bertz CT molecular complexity index is 966. The molecule has 0 unspecified atom stereocenters. The molecule has 0 aliphatic heterocycles. The summed E-state index contributed by atoms with van der Waals surface area (Å²) in [6.07, 6.45) is 1.60. The largest absolute Gasteiger partial charge is 0.273 e. The summed E-state index contributed by atoms with van der Waals surface area (Å²) in [4.78, 5) is 24.6. The molecule has 7 heteroatoms. The minimum Gasteiger partial charge on any atom is -0.273 e. The molecule has 1 aromatic heterocycles. The van der Waals surface area contributed by atoms with Crippen molar-refractivity contribution in [2.75, 3.05) is 0 Å². The van der Waals surface area contributed by atoms with Crippen LogP contribution >= 0.6 is 0 Å². The van der Waals surface area contributed by atoms with Gasteiger partial charge in [0, 0.05) is 0 Å². The van der Waals surface area contributed by atoms with Gasteiger partial charge in [-0.1, -0.05) is 44.2 Å². The lowest BCUT2D eigenvalue weighted by Crippen LogP contribution is -2.42. The van der Waals surface area contributed by atoms with Gasteiger partial charge in [-0.2, -0.15) is 5.10 Å². The van der Waals surface area contributed by atoms with E-state index >= 15 is 0 Å². The highest BCUT2D eigenvalue weighted by molar-refractivity contribution is 5.96. The van der Waals surface area contributed by atoms with Gasteiger partial charge in [0.05, 0.1) is 29.6 Å². The first kappa shape index (κ1) is 19.3. The van der Waals surface area contributed by atoms with Gasteiger partial charge < -0.3 is 0 Å². The Morgan fingerprint density at radius 1 is 1.04 bits per heavy atom. The molecule has 28 heavy (non-hydrogen) atoms. The molecule has 0 aliphatic carbocycles. The fourth-order valence-electron chi connectivity index (χ4n) is 2.90. The normalized spacial score (nSPS) is 10.7. The van der Waals surface area contributed by atoms with Crippen LogP contribution in [0.2, 0.25) is 0 Å². The quantitative estimate of drug-likeness (QED) is 0.668. The average Bonchev–Trinajstić information content (AvgIpc) is 3.13. The maximum atomic E-state index is 13.2. The molecule has 1 heterocycles. The summed E-state index contributed by atoms with van der Waals surface area (Å²) in [5, 5.41) is 4.27. The van der Waals surface area contributed by atoms with Gasteiger partial charge in [0.25, 0.3) is 5.91 Å². The van der Waals surface area contributed by atoms with E-state index in [9.17, 15) is 14.0 Å². The van der Waals surface area contributed by atoms with E-state index in [0.717, 1.165) is 5.56 Å². The smallest absolute Gasteiger partial charge is 0.273 e. The number of hydrazine groups is 1. The second-order valence-electron chi connectivity index (χ2n) is 6.65. The van der Waals surface area contributed by atoms with Crippen LogP contribution in [0.1, 0.15) is 41.4 Å². The summed E-state index contributed by atoms with van der Waals surface area (Å²) in [7, 11) is 0. The summed E-state index contributed by atoms with van der Waals surface area (Å²) in [5.74, 6) is -1.15. The third-order valence-corrected chi connectivity index (χ3v) is 4.19. The molecule has 0 radical (unpaired) electrons. The fraction of sp³-hybridized carbons (Fsp3) is 0.190. The number of carbonyl (C=O) groups is 2. The van der Waals surface area contributed by atoms with Crippen molar-refractivity contribution < 1.29 is 14.0 Å². The lowest BCUT2D eigenvalue weighted by molar-refractivity contribution is -0.121. The third kappa shape index (κ3) is 4.43. The van der Waals surface area contributed by atoms with Gasteiger partial charge in [0.2, 0.25) is 5.91 Å². The Balaban J connectivity index is 1.73. The minimum absolute atomic E-state index is 0.0201. The zero-order valence-electron chi connectivity index (χ0n) is 15.6. The van der Waals surface area contributed by atoms with Crippen LogP contribution in [0.15, 0.2) is 60.8 Å². The third-order valence-electron chi connectivity index (χ3n) is 4.19. The molecule has 2 amide bonds. The predicted octanol–water partition coefficient (Wildman–Crippen LogP) is 3.14. The maximum Gasteiger partial charge on any atom is 0.273 e. The Kier molecular flexibility index (Phi) is 5.84. The predicted molar refractivity (Wildman–Crippen MR) is 103 cm³/mol. The molecule has 0 fully saturated rings. The van der Waals surface area contributed by atoms with E-state index in [1.54, 1.807) is 16.8 Å². The average molecular weight is 380 g/mol. The number of rotatable bonds is 5. The van der Waals surface area contributed by atoms with Crippen molar-refractivity contribution in [3.8, 4) is 5.69 Å². The van der Waals surface area contributed by atoms with Crippen LogP contribution in [-0.2, 0) is 11.2 Å². The van der Waals surface area contributed by atoms with E-state index in [1.807, 2.05) is 44.2 Å². The van der Waals surface area contributed by atoms with Crippen LogP contribution in [-0.4, -0.2) is 21.6 Å². The molecule has 0 aliphatic rings. The number of amides is 2. The molecule has 0 saturated carbocycles. The zero-order valence-corrected chi connectivity index (χ0v) is 15.6. The molecular formula is C21H21FN4O2. The fourth-order valence-corrected chi connectivity index (χ4v) is 2.90. The topological polar surface area (TPSA) is 76.0 Å². The molecular weight excluding hydrogens is 359 g/mol. The Hall–Kier alpha value is -3.48. The number of benzene rings is 2. The number of aromatic nitrogens is 2. The molecule has 2 aromatic carbocycles. The number of carbonyl (C=O) groups excluding carboxylic acids is 2. The van der Waals surface area contributed by atoms with Crippen molar-refractivity contribution in [2.45, 2.75) is 26.2 Å².